The molecule has 0 N–H and O–H groups in total. The maximum atomic E-state index is 2.62. The summed E-state index contributed by atoms with van der Waals surface area (Å²) in [4.78, 5) is 4.10. The van der Waals surface area contributed by atoms with Crippen molar-refractivity contribution in [2.45, 2.75) is 43.0 Å². The molecule has 0 spiro atoms. The van der Waals surface area contributed by atoms with Gasteiger partial charge < -0.3 is 4.90 Å². The summed E-state index contributed by atoms with van der Waals surface area (Å²) >= 11 is 2.00. The lowest BCUT2D eigenvalue weighted by Gasteiger charge is -2.32. The summed E-state index contributed by atoms with van der Waals surface area (Å²) in [5.74, 6) is 1.17. The molecule has 1 aliphatic heterocycles. The van der Waals surface area contributed by atoms with E-state index in [2.05, 4.69) is 29.2 Å². The fourth-order valence-corrected chi connectivity index (χ4v) is 3.86. The number of nitrogens with zero attached hydrogens (tertiary/aromatic N) is 1. The fraction of sp³-hybridized carbons (Fsp3) is 0.538. The summed E-state index contributed by atoms with van der Waals surface area (Å²) in [6.07, 6.45) is 7.09. The fourth-order valence-electron chi connectivity index (χ4n) is 2.72. The van der Waals surface area contributed by atoms with Crippen LogP contribution in [-0.2, 0) is 0 Å². The van der Waals surface area contributed by atoms with Crippen molar-refractivity contribution >= 4 is 17.4 Å². The van der Waals surface area contributed by atoms with Crippen LogP contribution < -0.4 is 4.90 Å². The molecule has 1 heterocycles. The predicted octanol–water partition coefficient (Wildman–Crippen LogP) is 3.89. The highest BCUT2D eigenvalue weighted by Crippen LogP contribution is 2.41. The Morgan fingerprint density at radius 1 is 1.07 bits per heavy atom. The topological polar surface area (TPSA) is 3.24 Å². The van der Waals surface area contributed by atoms with Crippen molar-refractivity contribution in [2.75, 3.05) is 10.8 Å². The van der Waals surface area contributed by atoms with Gasteiger partial charge in [0, 0.05) is 10.9 Å². The van der Waals surface area contributed by atoms with E-state index in [4.69, 9.17) is 0 Å². The summed E-state index contributed by atoms with van der Waals surface area (Å²) in [5, 5.41) is 0. The SMILES string of the molecule is c1ccc2c(c1)SCN2C1CCCCC1. The number of anilines is 1. The van der Waals surface area contributed by atoms with E-state index in [0.29, 0.717) is 0 Å². The Bertz CT molecular complexity index is 344. The van der Waals surface area contributed by atoms with Crippen molar-refractivity contribution in [1.29, 1.82) is 0 Å². The molecule has 1 nitrogen and oxygen atoms in total. The van der Waals surface area contributed by atoms with Gasteiger partial charge in [-0.3, -0.25) is 0 Å². The Morgan fingerprint density at radius 2 is 1.87 bits per heavy atom. The van der Waals surface area contributed by atoms with Crippen LogP contribution in [0, 0.1) is 0 Å². The summed E-state index contributed by atoms with van der Waals surface area (Å²) in [7, 11) is 0. The van der Waals surface area contributed by atoms with Crippen LogP contribution in [0.1, 0.15) is 32.1 Å². The third kappa shape index (κ3) is 1.76. The first-order valence-corrected chi connectivity index (χ1v) is 6.92. The van der Waals surface area contributed by atoms with Crippen LogP contribution in [0.3, 0.4) is 0 Å². The Balaban J connectivity index is 1.83. The van der Waals surface area contributed by atoms with Gasteiger partial charge in [0.1, 0.15) is 0 Å². The van der Waals surface area contributed by atoms with Crippen molar-refractivity contribution in [1.82, 2.24) is 0 Å². The zero-order valence-corrected chi connectivity index (χ0v) is 9.80. The number of benzene rings is 1. The van der Waals surface area contributed by atoms with Crippen molar-refractivity contribution in [2.24, 2.45) is 0 Å². The highest BCUT2D eigenvalue weighted by Gasteiger charge is 2.27. The van der Waals surface area contributed by atoms with Crippen molar-refractivity contribution in [3.8, 4) is 0 Å². The summed E-state index contributed by atoms with van der Waals surface area (Å²) in [5.41, 5.74) is 1.48. The second-order valence-corrected chi connectivity index (χ2v) is 5.49. The zero-order chi connectivity index (χ0) is 10.1. The van der Waals surface area contributed by atoms with Gasteiger partial charge in [-0.05, 0) is 25.0 Å². The van der Waals surface area contributed by atoms with E-state index in [1.807, 2.05) is 11.8 Å². The first kappa shape index (κ1) is 9.59. The lowest BCUT2D eigenvalue weighted by atomic mass is 9.94. The van der Waals surface area contributed by atoms with Crippen LogP contribution in [0.2, 0.25) is 0 Å². The van der Waals surface area contributed by atoms with Crippen LogP contribution in [0.5, 0.6) is 0 Å². The number of hydrogen-bond acceptors (Lipinski definition) is 2. The molecule has 0 aromatic heterocycles. The molecule has 15 heavy (non-hydrogen) atoms. The number of hydrogen-bond donors (Lipinski definition) is 0. The van der Waals surface area contributed by atoms with Crippen molar-refractivity contribution in [3.05, 3.63) is 24.3 Å². The minimum absolute atomic E-state index is 0.815. The Kier molecular flexibility index (Phi) is 2.61. The highest BCUT2D eigenvalue weighted by atomic mass is 32.2. The molecular weight excluding hydrogens is 202 g/mol. The monoisotopic (exact) mass is 219 g/mol. The van der Waals surface area contributed by atoms with Crippen LogP contribution >= 0.6 is 11.8 Å². The van der Waals surface area contributed by atoms with Crippen molar-refractivity contribution < 1.29 is 0 Å². The first-order valence-electron chi connectivity index (χ1n) is 5.93. The number of para-hydroxylation sites is 1. The molecular formula is C13H17NS. The molecule has 2 aliphatic rings. The smallest absolute Gasteiger partial charge is 0.0690 e. The van der Waals surface area contributed by atoms with Crippen LogP contribution in [0.25, 0.3) is 0 Å². The summed E-state index contributed by atoms with van der Waals surface area (Å²) in [6.45, 7) is 0. The molecule has 1 aromatic rings. The average Bonchev–Trinajstić information content (AvgIpc) is 2.74. The number of thioether (sulfide) groups is 1. The largest absolute Gasteiger partial charge is 0.358 e. The van der Waals surface area contributed by atoms with Crippen LogP contribution in [-0.4, -0.2) is 11.9 Å². The van der Waals surface area contributed by atoms with E-state index in [0.717, 1.165) is 6.04 Å². The van der Waals surface area contributed by atoms with Gasteiger partial charge in [-0.2, -0.15) is 0 Å². The molecule has 0 unspecified atom stereocenters. The molecule has 1 fully saturated rings. The summed E-state index contributed by atoms with van der Waals surface area (Å²) in [6, 6.07) is 9.67. The number of fused-ring (bicyclic) bond motifs is 1. The maximum Gasteiger partial charge on any atom is 0.0690 e. The van der Waals surface area contributed by atoms with E-state index in [9.17, 15) is 0 Å². The van der Waals surface area contributed by atoms with E-state index in [1.165, 1.54) is 48.6 Å². The third-order valence-electron chi connectivity index (χ3n) is 3.55. The Morgan fingerprint density at radius 3 is 2.73 bits per heavy atom. The highest BCUT2D eigenvalue weighted by molar-refractivity contribution is 7.99. The Labute approximate surface area is 95.9 Å². The van der Waals surface area contributed by atoms with E-state index >= 15 is 0 Å². The quantitative estimate of drug-likeness (QED) is 0.705. The van der Waals surface area contributed by atoms with E-state index in [-0.39, 0.29) is 0 Å². The lowest BCUT2D eigenvalue weighted by molar-refractivity contribution is 0.426. The second-order valence-electron chi connectivity index (χ2n) is 4.50. The first-order chi connectivity index (χ1) is 7.45. The third-order valence-corrected chi connectivity index (χ3v) is 4.61. The van der Waals surface area contributed by atoms with E-state index < -0.39 is 0 Å². The molecule has 0 saturated heterocycles. The molecule has 1 aromatic carbocycles. The standard InChI is InChI=1S/C13H17NS/c1-2-6-11(7-3-1)14-10-15-13-9-5-4-8-12(13)14/h4-5,8-9,11H,1-3,6-7,10H2. The maximum absolute atomic E-state index is 2.62. The molecule has 1 saturated carbocycles. The van der Waals surface area contributed by atoms with Gasteiger partial charge in [0.25, 0.3) is 0 Å². The second kappa shape index (κ2) is 4.09. The van der Waals surface area contributed by atoms with Gasteiger partial charge in [-0.1, -0.05) is 31.4 Å². The molecule has 80 valence electrons. The van der Waals surface area contributed by atoms with E-state index in [1.54, 1.807) is 0 Å². The van der Waals surface area contributed by atoms with Crippen LogP contribution in [0.15, 0.2) is 29.2 Å². The molecule has 0 bridgehead atoms. The van der Waals surface area contributed by atoms with Gasteiger partial charge in [0.15, 0.2) is 0 Å². The normalized spacial score (nSPS) is 21.7. The van der Waals surface area contributed by atoms with Gasteiger partial charge >= 0.3 is 0 Å². The zero-order valence-electron chi connectivity index (χ0n) is 8.98. The molecule has 0 amide bonds. The molecule has 0 radical (unpaired) electrons. The lowest BCUT2D eigenvalue weighted by Crippen LogP contribution is -2.34. The van der Waals surface area contributed by atoms with Crippen molar-refractivity contribution in [3.63, 3.8) is 0 Å². The molecule has 0 atom stereocenters. The van der Waals surface area contributed by atoms with Gasteiger partial charge in [-0.15, -0.1) is 11.8 Å². The van der Waals surface area contributed by atoms with Gasteiger partial charge in [0.05, 0.1) is 11.6 Å². The number of rotatable bonds is 1. The Hall–Kier alpha value is -0.630. The summed E-state index contributed by atoms with van der Waals surface area (Å²) < 4.78 is 0. The minimum atomic E-state index is 0.815. The predicted molar refractivity (Wildman–Crippen MR) is 66.5 cm³/mol. The van der Waals surface area contributed by atoms with Gasteiger partial charge in [-0.25, -0.2) is 0 Å². The van der Waals surface area contributed by atoms with Gasteiger partial charge in [0.2, 0.25) is 0 Å². The average molecular weight is 219 g/mol. The minimum Gasteiger partial charge on any atom is -0.358 e. The molecule has 2 heteroatoms. The molecule has 3 rings (SSSR count). The molecule has 1 aliphatic carbocycles. The van der Waals surface area contributed by atoms with Crippen LogP contribution in [0.4, 0.5) is 5.69 Å².